The van der Waals surface area contributed by atoms with Gasteiger partial charge in [-0.25, -0.2) is 14.1 Å². The van der Waals surface area contributed by atoms with Crippen LogP contribution in [0.2, 0.25) is 0 Å². The minimum atomic E-state index is -0.596. The topological polar surface area (TPSA) is 99.7 Å². The number of nitrogens with zero attached hydrogens (tertiary/aromatic N) is 6. The summed E-state index contributed by atoms with van der Waals surface area (Å²) >= 11 is 0. The van der Waals surface area contributed by atoms with E-state index in [1.807, 2.05) is 30.7 Å². The van der Waals surface area contributed by atoms with Crippen LogP contribution in [0.4, 0.5) is 10.1 Å². The number of imidazole rings is 1. The van der Waals surface area contributed by atoms with Crippen molar-refractivity contribution < 1.29 is 13.9 Å². The Bertz CT molecular complexity index is 1420. The average molecular weight is 459 g/mol. The number of tetrazole rings is 1. The molecule has 34 heavy (non-hydrogen) atoms. The van der Waals surface area contributed by atoms with Gasteiger partial charge < -0.3 is 14.6 Å². The zero-order valence-electron chi connectivity index (χ0n) is 18.7. The maximum atomic E-state index is 14.9. The number of carbonyl (C=O) groups excluding carboxylic acids is 1. The van der Waals surface area contributed by atoms with Gasteiger partial charge in [0.2, 0.25) is 0 Å². The summed E-state index contributed by atoms with van der Waals surface area (Å²) in [7, 11) is 0. The van der Waals surface area contributed by atoms with Crippen molar-refractivity contribution in [3.05, 3.63) is 65.5 Å². The number of aromatic nitrogens is 6. The highest BCUT2D eigenvalue weighted by Gasteiger charge is 2.27. The summed E-state index contributed by atoms with van der Waals surface area (Å²) in [6.45, 7) is 4.08. The van der Waals surface area contributed by atoms with Crippen LogP contribution in [0.15, 0.2) is 42.9 Å². The van der Waals surface area contributed by atoms with Gasteiger partial charge in [0.25, 0.3) is 5.91 Å². The number of hydrogen-bond donors (Lipinski definition) is 1. The van der Waals surface area contributed by atoms with Gasteiger partial charge in [-0.3, -0.25) is 4.79 Å². The first-order valence-electron chi connectivity index (χ1n) is 11.2. The summed E-state index contributed by atoms with van der Waals surface area (Å²) in [6, 6.07) is 8.16. The molecule has 2 aliphatic rings. The number of halogens is 1. The van der Waals surface area contributed by atoms with Gasteiger partial charge in [-0.1, -0.05) is 6.07 Å². The Hall–Kier alpha value is -4.08. The second-order valence-electron chi connectivity index (χ2n) is 8.84. The Morgan fingerprint density at radius 2 is 2.12 bits per heavy atom. The molecule has 6 rings (SSSR count). The average Bonchev–Trinajstić information content (AvgIpc) is 3.38. The molecule has 4 aromatic rings. The summed E-state index contributed by atoms with van der Waals surface area (Å²) < 4.78 is 24.4. The van der Waals surface area contributed by atoms with E-state index in [-0.39, 0.29) is 11.6 Å². The molecule has 0 radical (unpaired) electrons. The Morgan fingerprint density at radius 1 is 1.26 bits per heavy atom. The normalized spacial score (nSPS) is 16.9. The molecule has 1 aliphatic heterocycles. The van der Waals surface area contributed by atoms with E-state index in [0.29, 0.717) is 46.6 Å². The lowest BCUT2D eigenvalue weighted by Crippen LogP contribution is -2.16. The van der Waals surface area contributed by atoms with Crippen molar-refractivity contribution in [1.82, 2.24) is 29.8 Å². The summed E-state index contributed by atoms with van der Waals surface area (Å²) in [5.74, 6) is 0.331. The van der Waals surface area contributed by atoms with Crippen molar-refractivity contribution in [2.75, 3.05) is 11.9 Å². The number of carbonyl (C=O) groups is 1. The number of hydrogen-bond acceptors (Lipinski definition) is 6. The molecule has 1 fully saturated rings. The molecule has 0 spiro atoms. The van der Waals surface area contributed by atoms with Gasteiger partial charge >= 0.3 is 0 Å². The Balaban J connectivity index is 1.34. The van der Waals surface area contributed by atoms with Crippen molar-refractivity contribution >= 4 is 11.6 Å². The SMILES string of the molecule is Cc1cc(F)c(C(=O)Nc2cccc3c2OC[C@H](C)n2nnnc2-3)cc1-n1cnc(C2CC2)c1. The maximum absolute atomic E-state index is 14.9. The molecule has 1 N–H and O–H groups in total. The van der Waals surface area contributed by atoms with Crippen LogP contribution in [0.5, 0.6) is 5.75 Å². The fraction of sp³-hybridized carbons (Fsp3) is 0.292. The molecule has 1 atom stereocenters. The number of anilines is 1. The second-order valence-corrected chi connectivity index (χ2v) is 8.84. The van der Waals surface area contributed by atoms with Crippen molar-refractivity contribution in [1.29, 1.82) is 0 Å². The predicted molar refractivity (Wildman–Crippen MR) is 122 cm³/mol. The summed E-state index contributed by atoms with van der Waals surface area (Å²) in [5.41, 5.74) is 3.46. The molecule has 2 aromatic heterocycles. The third kappa shape index (κ3) is 3.42. The van der Waals surface area contributed by atoms with Gasteiger partial charge in [-0.05, 0) is 66.9 Å². The lowest BCUT2D eigenvalue weighted by Gasteiger charge is -2.15. The van der Waals surface area contributed by atoms with Gasteiger partial charge in [-0.2, -0.15) is 0 Å². The lowest BCUT2D eigenvalue weighted by atomic mass is 10.1. The molecule has 0 bridgehead atoms. The second kappa shape index (κ2) is 7.75. The summed E-state index contributed by atoms with van der Waals surface area (Å²) in [5, 5.41) is 14.7. The molecule has 1 amide bonds. The van der Waals surface area contributed by atoms with Crippen LogP contribution in [0.3, 0.4) is 0 Å². The minimum absolute atomic E-state index is 0.0632. The number of aryl methyl sites for hydroxylation is 1. The largest absolute Gasteiger partial charge is 0.488 e. The van der Waals surface area contributed by atoms with Crippen molar-refractivity contribution in [2.45, 2.75) is 38.6 Å². The Labute approximate surface area is 194 Å². The smallest absolute Gasteiger partial charge is 0.258 e. The molecule has 3 heterocycles. The van der Waals surface area contributed by atoms with Gasteiger partial charge in [-0.15, -0.1) is 5.10 Å². The number of nitrogens with one attached hydrogen (secondary N) is 1. The van der Waals surface area contributed by atoms with Crippen molar-refractivity contribution in [2.24, 2.45) is 0 Å². The lowest BCUT2D eigenvalue weighted by molar-refractivity contribution is 0.102. The molecule has 172 valence electrons. The van der Waals surface area contributed by atoms with E-state index in [4.69, 9.17) is 4.74 Å². The number of benzene rings is 2. The van der Waals surface area contributed by atoms with Crippen LogP contribution in [0.1, 0.15) is 53.3 Å². The molecule has 0 saturated heterocycles. The van der Waals surface area contributed by atoms with Gasteiger partial charge in [0.15, 0.2) is 11.6 Å². The van der Waals surface area contributed by atoms with E-state index in [1.165, 1.54) is 6.07 Å². The highest BCUT2D eigenvalue weighted by Crippen LogP contribution is 2.40. The molecular formula is C24H22FN7O2. The van der Waals surface area contributed by atoms with E-state index in [2.05, 4.69) is 25.8 Å². The van der Waals surface area contributed by atoms with E-state index >= 15 is 0 Å². The zero-order valence-corrected chi connectivity index (χ0v) is 18.7. The standard InChI is InChI=1S/C24H22FN7O2/c1-13-8-18(25)17(9-21(13)31-10-20(26-12-31)15-6-7-15)24(33)27-19-5-3-4-16-22(19)34-11-14(2)32-23(16)28-29-30-32/h3-5,8-10,12,14-15H,6-7,11H2,1-2H3,(H,27,33)/t14-/m0/s1. The predicted octanol–water partition coefficient (Wildman–Crippen LogP) is 4.06. The monoisotopic (exact) mass is 459 g/mol. The molecule has 1 aliphatic carbocycles. The quantitative estimate of drug-likeness (QED) is 0.494. The molecule has 0 unspecified atom stereocenters. The van der Waals surface area contributed by atoms with Gasteiger partial charge in [0, 0.05) is 12.1 Å². The number of fused-ring (bicyclic) bond motifs is 3. The molecular weight excluding hydrogens is 437 g/mol. The Kier molecular flexibility index (Phi) is 4.68. The highest BCUT2D eigenvalue weighted by molar-refractivity contribution is 6.06. The van der Waals surface area contributed by atoms with Crippen LogP contribution in [-0.2, 0) is 0 Å². The third-order valence-corrected chi connectivity index (χ3v) is 6.29. The first kappa shape index (κ1) is 20.5. The minimum Gasteiger partial charge on any atom is -0.488 e. The number of ether oxygens (including phenoxy) is 1. The molecule has 1 saturated carbocycles. The number of para-hydroxylation sites is 1. The van der Waals surface area contributed by atoms with Crippen molar-refractivity contribution in [3.8, 4) is 22.8 Å². The van der Waals surface area contributed by atoms with Gasteiger partial charge in [0.05, 0.1) is 40.6 Å². The highest BCUT2D eigenvalue weighted by atomic mass is 19.1. The Morgan fingerprint density at radius 3 is 2.94 bits per heavy atom. The third-order valence-electron chi connectivity index (χ3n) is 6.29. The van der Waals surface area contributed by atoms with E-state index < -0.39 is 11.7 Å². The van der Waals surface area contributed by atoms with Gasteiger partial charge in [0.1, 0.15) is 12.4 Å². The number of rotatable bonds is 4. The van der Waals surface area contributed by atoms with E-state index in [9.17, 15) is 9.18 Å². The zero-order chi connectivity index (χ0) is 23.4. The van der Waals surface area contributed by atoms with Crippen LogP contribution < -0.4 is 10.1 Å². The molecule has 10 heteroatoms. The number of amides is 1. The van der Waals surface area contributed by atoms with E-state index in [0.717, 1.165) is 18.5 Å². The summed E-state index contributed by atoms with van der Waals surface area (Å²) in [4.78, 5) is 17.7. The van der Waals surface area contributed by atoms with Crippen LogP contribution in [-0.4, -0.2) is 42.3 Å². The van der Waals surface area contributed by atoms with Crippen LogP contribution >= 0.6 is 0 Å². The fourth-order valence-corrected chi connectivity index (χ4v) is 4.27. The first-order chi connectivity index (χ1) is 16.5. The van der Waals surface area contributed by atoms with Crippen molar-refractivity contribution in [3.63, 3.8) is 0 Å². The fourth-order valence-electron chi connectivity index (χ4n) is 4.27. The van der Waals surface area contributed by atoms with Crippen LogP contribution in [0.25, 0.3) is 17.1 Å². The molecule has 2 aromatic carbocycles. The summed E-state index contributed by atoms with van der Waals surface area (Å²) in [6.07, 6.45) is 5.95. The van der Waals surface area contributed by atoms with Crippen LogP contribution in [0, 0.1) is 12.7 Å². The maximum Gasteiger partial charge on any atom is 0.258 e. The molecule has 9 nitrogen and oxygen atoms in total. The van der Waals surface area contributed by atoms with E-state index in [1.54, 1.807) is 29.2 Å². The first-order valence-corrected chi connectivity index (χ1v) is 11.2.